The molecular weight excluding hydrogens is 401 g/mol. The lowest BCUT2D eigenvalue weighted by Gasteiger charge is -2.22. The van der Waals surface area contributed by atoms with Gasteiger partial charge in [0.15, 0.2) is 23.6 Å². The molecule has 1 aliphatic rings. The fraction of sp³-hybridized carbons (Fsp3) is 0.667. The molecular formula is C15H22NO11P. The molecule has 2 N–H and O–H groups in total. The predicted octanol–water partition coefficient (Wildman–Crippen LogP) is -1.79. The number of phosphoric ester groups is 1. The quantitative estimate of drug-likeness (QED) is 0.166. The molecule has 13 heteroatoms. The molecule has 12 nitrogen and oxygen atoms in total. The summed E-state index contributed by atoms with van der Waals surface area (Å²) in [6.45, 7) is 0.568. The number of ketones is 2. The number of hydrogen-bond acceptors (Lipinski definition) is 11. The zero-order valence-corrected chi connectivity index (χ0v) is 16.3. The molecule has 1 amide bonds. The Morgan fingerprint density at radius 3 is 2.29 bits per heavy atom. The van der Waals surface area contributed by atoms with Crippen LogP contribution in [-0.2, 0) is 42.5 Å². The average molecular weight is 423 g/mol. The maximum absolute atomic E-state index is 11.8. The van der Waals surface area contributed by atoms with E-state index >= 15 is 0 Å². The Bertz CT molecular complexity index is 605. The van der Waals surface area contributed by atoms with Crippen molar-refractivity contribution in [3.05, 3.63) is 0 Å². The summed E-state index contributed by atoms with van der Waals surface area (Å²) in [4.78, 5) is 77.8. The van der Waals surface area contributed by atoms with Gasteiger partial charge >= 0.3 is 20.1 Å². The molecule has 0 spiro atoms. The van der Waals surface area contributed by atoms with Crippen molar-refractivity contribution in [1.29, 1.82) is 0 Å². The van der Waals surface area contributed by atoms with Crippen LogP contribution in [0.1, 0.15) is 26.7 Å². The van der Waals surface area contributed by atoms with Crippen molar-refractivity contribution in [1.82, 2.24) is 5.32 Å². The van der Waals surface area contributed by atoms with Gasteiger partial charge < -0.3 is 19.7 Å². The van der Waals surface area contributed by atoms with Crippen LogP contribution in [0.25, 0.3) is 0 Å². The molecule has 0 aromatic carbocycles. The highest BCUT2D eigenvalue weighted by molar-refractivity contribution is 7.52. The molecule has 0 aliphatic heterocycles. The van der Waals surface area contributed by atoms with E-state index < -0.39 is 62.8 Å². The van der Waals surface area contributed by atoms with Crippen LogP contribution >= 0.6 is 8.17 Å². The highest BCUT2D eigenvalue weighted by atomic mass is 31.2. The Labute approximate surface area is 161 Å². The van der Waals surface area contributed by atoms with Gasteiger partial charge in [-0.05, 0) is 0 Å². The van der Waals surface area contributed by atoms with E-state index in [1.54, 1.807) is 0 Å². The van der Waals surface area contributed by atoms with Crippen LogP contribution in [0.4, 0.5) is 0 Å². The van der Waals surface area contributed by atoms with Gasteiger partial charge in [-0.3, -0.25) is 24.0 Å². The number of carbonyl (C=O) groups is 5. The van der Waals surface area contributed by atoms with E-state index in [4.69, 9.17) is 4.74 Å². The smallest absolute Gasteiger partial charge is 0.377 e. The van der Waals surface area contributed by atoms with Gasteiger partial charge in [0.1, 0.15) is 19.8 Å². The minimum atomic E-state index is -4.56. The van der Waals surface area contributed by atoms with Crippen molar-refractivity contribution in [2.45, 2.75) is 32.8 Å². The number of nitrogens with one attached hydrogen (secondary N) is 1. The van der Waals surface area contributed by atoms with Gasteiger partial charge in [0.25, 0.3) is 0 Å². The third-order valence-corrected chi connectivity index (χ3v) is 4.39. The minimum absolute atomic E-state index is 0.0178. The zero-order chi connectivity index (χ0) is 21.3. The second kappa shape index (κ2) is 11.1. The molecule has 1 aliphatic carbocycles. The maximum Gasteiger partial charge on any atom is 0.377 e. The van der Waals surface area contributed by atoms with Crippen LogP contribution in [0.3, 0.4) is 0 Å². The highest BCUT2D eigenvalue weighted by Crippen LogP contribution is 2.47. The average Bonchev–Trinajstić information content (AvgIpc) is 2.92. The lowest BCUT2D eigenvalue weighted by Crippen LogP contribution is -2.38. The monoisotopic (exact) mass is 423 g/mol. The van der Waals surface area contributed by atoms with E-state index in [2.05, 4.69) is 19.1 Å². The maximum atomic E-state index is 11.8. The second-order valence-corrected chi connectivity index (χ2v) is 7.24. The molecule has 0 bridgehead atoms. The Morgan fingerprint density at radius 1 is 1.14 bits per heavy atom. The number of amides is 1. The van der Waals surface area contributed by atoms with Crippen LogP contribution in [-0.4, -0.2) is 66.8 Å². The molecule has 0 aromatic rings. The fourth-order valence-electron chi connectivity index (χ4n) is 2.22. The van der Waals surface area contributed by atoms with Crippen molar-refractivity contribution in [2.24, 2.45) is 5.92 Å². The van der Waals surface area contributed by atoms with Gasteiger partial charge in [-0.1, -0.05) is 0 Å². The van der Waals surface area contributed by atoms with E-state index in [1.165, 1.54) is 0 Å². The van der Waals surface area contributed by atoms with Crippen LogP contribution in [0.5, 0.6) is 0 Å². The van der Waals surface area contributed by atoms with E-state index in [0.29, 0.717) is 0 Å². The number of phosphoric acid groups is 1. The third kappa shape index (κ3) is 8.81. The predicted molar refractivity (Wildman–Crippen MR) is 89.0 cm³/mol. The molecule has 0 heterocycles. The van der Waals surface area contributed by atoms with Crippen LogP contribution in [0, 0.1) is 5.92 Å². The number of Topliss-reactive ketones (excluding diaryl/α,β-unsaturated/α-hetero) is 2. The molecule has 1 rings (SSSR count). The summed E-state index contributed by atoms with van der Waals surface area (Å²) in [6.07, 6.45) is -1.09. The Balaban J connectivity index is 2.36. The van der Waals surface area contributed by atoms with Crippen LogP contribution < -0.4 is 10.2 Å². The van der Waals surface area contributed by atoms with Gasteiger partial charge in [0.2, 0.25) is 5.91 Å². The molecule has 28 heavy (non-hydrogen) atoms. The molecule has 2 atom stereocenters. The first-order valence-electron chi connectivity index (χ1n) is 8.27. The lowest BCUT2D eigenvalue weighted by atomic mass is 10.1. The lowest BCUT2D eigenvalue weighted by molar-refractivity contribution is -0.245. The van der Waals surface area contributed by atoms with Crippen LogP contribution in [0.15, 0.2) is 0 Å². The van der Waals surface area contributed by atoms with Gasteiger partial charge in [-0.25, -0.2) is 0 Å². The number of esters is 2. The van der Waals surface area contributed by atoms with E-state index in [-0.39, 0.29) is 26.0 Å². The number of carbonyl (C=O) groups excluding carboxylic acids is 5. The van der Waals surface area contributed by atoms with Crippen molar-refractivity contribution >= 4 is 37.6 Å². The Kier molecular flexibility index (Phi) is 9.56. The summed E-state index contributed by atoms with van der Waals surface area (Å²) < 4.78 is 18.7. The number of rotatable bonds is 11. The Hall–Kier alpha value is -1.98. The molecule has 2 unspecified atom stereocenters. The fourth-order valence-corrected chi connectivity index (χ4v) is 2.97. The first kappa shape index (κ1) is 24.1. The summed E-state index contributed by atoms with van der Waals surface area (Å²) in [5.41, 5.74) is 0. The van der Waals surface area contributed by atoms with Crippen molar-refractivity contribution in [3.63, 3.8) is 0 Å². The highest BCUT2D eigenvalue weighted by Gasteiger charge is 2.38. The minimum Gasteiger partial charge on any atom is -0.606 e. The molecule has 0 radical (unpaired) electrons. The van der Waals surface area contributed by atoms with Crippen LogP contribution in [0.2, 0.25) is 0 Å². The normalized spacial score (nSPS) is 17.7. The summed E-state index contributed by atoms with van der Waals surface area (Å²) in [7, 11) is -4.56. The summed E-state index contributed by atoms with van der Waals surface area (Å²) >= 11 is 0. The van der Waals surface area contributed by atoms with Crippen molar-refractivity contribution < 1.29 is 52.3 Å². The molecule has 1 fully saturated rings. The Morgan fingerprint density at radius 2 is 1.75 bits per heavy atom. The summed E-state index contributed by atoms with van der Waals surface area (Å²) in [6, 6.07) is 0. The number of hydrogen-bond donors (Lipinski definition) is 2. The van der Waals surface area contributed by atoms with Gasteiger partial charge in [-0.15, -0.1) is 0 Å². The van der Waals surface area contributed by atoms with Gasteiger partial charge in [-0.2, -0.15) is 13.9 Å². The number of ether oxygens (including phenoxy) is 2. The largest absolute Gasteiger partial charge is 0.606 e. The topological polar surface area (TPSA) is 178 Å². The molecule has 1 saturated carbocycles. The standard InChI is InChI=1S/C15H22NO11P/c1-9(17)24-7-11(27-10(2)18)8-26-28(22,23)25-6-5-16-15(21)14-12(19)3-4-13(14)20/h11,14H,3-8H2,1-2H3,(H,16,21)(H,22,23). The van der Waals surface area contributed by atoms with Gasteiger partial charge in [0.05, 0.1) is 0 Å². The van der Waals surface area contributed by atoms with Gasteiger partial charge in [0, 0.05) is 33.2 Å². The summed E-state index contributed by atoms with van der Waals surface area (Å²) in [5, 5.41) is 2.26. The van der Waals surface area contributed by atoms with E-state index in [1.807, 2.05) is 0 Å². The zero-order valence-electron chi connectivity index (χ0n) is 15.4. The second-order valence-electron chi connectivity index (χ2n) is 5.79. The molecule has 158 valence electrons. The molecule has 0 aromatic heterocycles. The summed E-state index contributed by atoms with van der Waals surface area (Å²) in [5.74, 6) is -4.43. The third-order valence-electron chi connectivity index (χ3n) is 3.41. The van der Waals surface area contributed by atoms with Crippen molar-refractivity contribution in [2.75, 3.05) is 26.4 Å². The molecule has 0 saturated heterocycles. The van der Waals surface area contributed by atoms with Crippen molar-refractivity contribution in [3.8, 4) is 0 Å². The first-order valence-corrected chi connectivity index (χ1v) is 9.77. The first-order chi connectivity index (χ1) is 13.0. The SMILES string of the molecule is CC(=O)OCC(CO[P+]([O-])(O)OCCNC(=O)C1C(=O)CCC1=O)OC(C)=O. The van der Waals surface area contributed by atoms with E-state index in [9.17, 15) is 33.8 Å². The van der Waals surface area contributed by atoms with E-state index in [0.717, 1.165) is 13.8 Å².